The van der Waals surface area contributed by atoms with Gasteiger partial charge in [0.2, 0.25) is 0 Å². The second kappa shape index (κ2) is 3.65. The van der Waals surface area contributed by atoms with Crippen molar-refractivity contribution in [2.75, 3.05) is 18.0 Å². The molecule has 2 rings (SSSR count). The maximum Gasteiger partial charge on any atom is 0.293 e. The number of hydrogen-bond donors (Lipinski definition) is 0. The van der Waals surface area contributed by atoms with E-state index in [9.17, 15) is 10.1 Å². The van der Waals surface area contributed by atoms with Gasteiger partial charge in [-0.3, -0.25) is 10.1 Å². The summed E-state index contributed by atoms with van der Waals surface area (Å²) in [6.07, 6.45) is 2.22. The van der Waals surface area contributed by atoms with E-state index >= 15 is 0 Å². The normalized spacial score (nSPS) is 15.9. The minimum absolute atomic E-state index is 0.161. The number of nitrogens with zero attached hydrogens (tertiary/aromatic N) is 2. The van der Waals surface area contributed by atoms with Crippen LogP contribution in [0.1, 0.15) is 12.8 Å². The maximum absolute atomic E-state index is 10.7. The Morgan fingerprint density at radius 1 is 1.43 bits per heavy atom. The summed E-state index contributed by atoms with van der Waals surface area (Å²) in [5, 5.41) is 10.7. The van der Waals surface area contributed by atoms with Crippen LogP contribution in [0.5, 0.6) is 0 Å². The molecule has 0 aliphatic carbocycles. The lowest BCUT2D eigenvalue weighted by molar-refractivity contribution is -0.384. The van der Waals surface area contributed by atoms with Gasteiger partial charge in [0.05, 0.1) is 4.92 Å². The van der Waals surface area contributed by atoms with Gasteiger partial charge in [0, 0.05) is 25.2 Å². The van der Waals surface area contributed by atoms with Crippen LogP contribution in [0.15, 0.2) is 18.2 Å². The van der Waals surface area contributed by atoms with Gasteiger partial charge in [-0.05, 0) is 12.8 Å². The molecule has 0 unspecified atom stereocenters. The van der Waals surface area contributed by atoms with Crippen LogP contribution >= 0.6 is 0 Å². The Labute approximate surface area is 82.3 Å². The van der Waals surface area contributed by atoms with Crippen LogP contribution in [0.25, 0.3) is 0 Å². The summed E-state index contributed by atoms with van der Waals surface area (Å²) in [5.41, 5.74) is 0.796. The van der Waals surface area contributed by atoms with Crippen molar-refractivity contribution in [1.29, 1.82) is 0 Å². The lowest BCUT2D eigenvalue weighted by atomic mass is 10.2. The van der Waals surface area contributed by atoms with Gasteiger partial charge in [-0.1, -0.05) is 12.1 Å². The molecule has 1 fully saturated rings. The fourth-order valence-electron chi connectivity index (χ4n) is 1.76. The molecule has 1 aliphatic rings. The highest BCUT2D eigenvalue weighted by Crippen LogP contribution is 2.29. The molecule has 4 heteroatoms. The number of benzene rings is 1. The molecule has 4 nitrogen and oxygen atoms in total. The summed E-state index contributed by atoms with van der Waals surface area (Å²) in [7, 11) is 0. The Bertz CT molecular complexity index is 346. The lowest BCUT2D eigenvalue weighted by Crippen LogP contribution is -2.18. The van der Waals surface area contributed by atoms with E-state index in [-0.39, 0.29) is 10.6 Å². The smallest absolute Gasteiger partial charge is 0.293 e. The summed E-state index contributed by atoms with van der Waals surface area (Å²) < 4.78 is 0. The maximum atomic E-state index is 10.7. The molecule has 0 bridgehead atoms. The molecule has 1 aromatic rings. The van der Waals surface area contributed by atoms with E-state index in [2.05, 4.69) is 6.07 Å². The molecule has 0 spiro atoms. The van der Waals surface area contributed by atoms with E-state index in [0.29, 0.717) is 5.69 Å². The van der Waals surface area contributed by atoms with E-state index in [1.807, 2.05) is 4.90 Å². The van der Waals surface area contributed by atoms with Crippen molar-refractivity contribution in [2.45, 2.75) is 12.8 Å². The van der Waals surface area contributed by atoms with Gasteiger partial charge < -0.3 is 4.90 Å². The first-order valence-electron chi connectivity index (χ1n) is 4.69. The van der Waals surface area contributed by atoms with Crippen LogP contribution in [0.3, 0.4) is 0 Å². The SMILES string of the molecule is O=[N+]([O-])c1ccc[c]c1N1CCCC1. The Kier molecular flexibility index (Phi) is 2.35. The molecule has 0 atom stereocenters. The van der Waals surface area contributed by atoms with E-state index in [1.54, 1.807) is 12.1 Å². The average Bonchev–Trinajstić information content (AvgIpc) is 2.70. The minimum atomic E-state index is -0.343. The van der Waals surface area contributed by atoms with E-state index in [0.717, 1.165) is 25.9 Å². The number of nitro benzene ring substituents is 1. The Morgan fingerprint density at radius 2 is 2.14 bits per heavy atom. The van der Waals surface area contributed by atoms with Crippen molar-refractivity contribution in [1.82, 2.24) is 0 Å². The van der Waals surface area contributed by atoms with Gasteiger partial charge in [0.15, 0.2) is 0 Å². The summed E-state index contributed by atoms with van der Waals surface area (Å²) in [6.45, 7) is 1.81. The molecule has 14 heavy (non-hydrogen) atoms. The largest absolute Gasteiger partial charge is 0.365 e. The van der Waals surface area contributed by atoms with Crippen molar-refractivity contribution in [3.05, 3.63) is 34.4 Å². The van der Waals surface area contributed by atoms with Crippen LogP contribution in [-0.2, 0) is 0 Å². The highest BCUT2D eigenvalue weighted by molar-refractivity contribution is 5.62. The van der Waals surface area contributed by atoms with Crippen molar-refractivity contribution in [3.8, 4) is 0 Å². The Hall–Kier alpha value is -1.58. The molecule has 0 saturated carbocycles. The molecule has 0 N–H and O–H groups in total. The molecule has 1 heterocycles. The summed E-state index contributed by atoms with van der Waals surface area (Å²) in [5.74, 6) is 0. The Balaban J connectivity index is 2.35. The molecule has 0 amide bonds. The summed E-state index contributed by atoms with van der Waals surface area (Å²) >= 11 is 0. The van der Waals surface area contributed by atoms with Crippen LogP contribution in [0.2, 0.25) is 0 Å². The third-order valence-electron chi connectivity index (χ3n) is 2.43. The number of hydrogen-bond acceptors (Lipinski definition) is 3. The number of anilines is 1. The van der Waals surface area contributed by atoms with Crippen molar-refractivity contribution in [2.24, 2.45) is 0 Å². The molecule has 1 saturated heterocycles. The lowest BCUT2D eigenvalue weighted by Gasteiger charge is -2.16. The van der Waals surface area contributed by atoms with Crippen molar-refractivity contribution in [3.63, 3.8) is 0 Å². The number of para-hydroxylation sites is 1. The van der Waals surface area contributed by atoms with Gasteiger partial charge in [-0.25, -0.2) is 0 Å². The fraction of sp³-hybridized carbons (Fsp3) is 0.400. The van der Waals surface area contributed by atoms with Crippen LogP contribution in [0.4, 0.5) is 11.4 Å². The first kappa shape index (κ1) is 8.99. The molecular formula is C10H11N2O2. The first-order valence-corrected chi connectivity index (χ1v) is 4.69. The molecule has 1 aromatic carbocycles. The van der Waals surface area contributed by atoms with E-state index in [4.69, 9.17) is 0 Å². The van der Waals surface area contributed by atoms with Crippen molar-refractivity contribution >= 4 is 11.4 Å². The van der Waals surface area contributed by atoms with Gasteiger partial charge in [-0.15, -0.1) is 0 Å². The summed E-state index contributed by atoms with van der Waals surface area (Å²) in [6, 6.07) is 7.85. The zero-order valence-corrected chi connectivity index (χ0v) is 7.77. The molecule has 1 aliphatic heterocycles. The Morgan fingerprint density at radius 3 is 2.79 bits per heavy atom. The predicted octanol–water partition coefficient (Wildman–Crippen LogP) is 2.00. The zero-order valence-electron chi connectivity index (χ0n) is 7.77. The molecule has 0 aromatic heterocycles. The molecule has 73 valence electrons. The second-order valence-corrected chi connectivity index (χ2v) is 3.36. The van der Waals surface area contributed by atoms with Gasteiger partial charge >= 0.3 is 0 Å². The summed E-state index contributed by atoms with van der Waals surface area (Å²) in [4.78, 5) is 12.4. The standard InChI is InChI=1S/C10H11N2O2/c13-12(14)10-6-2-1-5-9(10)11-7-3-4-8-11/h1-2,6H,3-4,7-8H2. The van der Waals surface area contributed by atoms with Crippen molar-refractivity contribution < 1.29 is 4.92 Å². The monoisotopic (exact) mass is 191 g/mol. The highest BCUT2D eigenvalue weighted by Gasteiger charge is 2.21. The highest BCUT2D eigenvalue weighted by atomic mass is 16.6. The van der Waals surface area contributed by atoms with Crippen LogP contribution in [0, 0.1) is 16.2 Å². The number of nitro groups is 1. The van der Waals surface area contributed by atoms with E-state index < -0.39 is 0 Å². The quantitative estimate of drug-likeness (QED) is 0.530. The van der Waals surface area contributed by atoms with Crippen LogP contribution in [-0.4, -0.2) is 18.0 Å². The average molecular weight is 191 g/mol. The van der Waals surface area contributed by atoms with E-state index in [1.165, 1.54) is 6.07 Å². The van der Waals surface area contributed by atoms with Gasteiger partial charge in [-0.2, -0.15) is 0 Å². The van der Waals surface area contributed by atoms with Crippen LogP contribution < -0.4 is 4.90 Å². The first-order chi connectivity index (χ1) is 6.79. The third-order valence-corrected chi connectivity index (χ3v) is 2.43. The zero-order chi connectivity index (χ0) is 9.97. The predicted molar refractivity (Wildman–Crippen MR) is 53.4 cm³/mol. The molecule has 1 radical (unpaired) electrons. The van der Waals surface area contributed by atoms with Gasteiger partial charge in [0.1, 0.15) is 5.69 Å². The topological polar surface area (TPSA) is 46.4 Å². The fourth-order valence-corrected chi connectivity index (χ4v) is 1.76. The number of rotatable bonds is 2. The van der Waals surface area contributed by atoms with Gasteiger partial charge in [0.25, 0.3) is 5.69 Å². The molecular weight excluding hydrogens is 180 g/mol. The second-order valence-electron chi connectivity index (χ2n) is 3.36. The minimum Gasteiger partial charge on any atom is -0.365 e. The third kappa shape index (κ3) is 1.55.